The van der Waals surface area contributed by atoms with Gasteiger partial charge in [0.15, 0.2) is 5.16 Å². The molecule has 0 unspecified atom stereocenters. The molecule has 0 saturated carbocycles. The summed E-state index contributed by atoms with van der Waals surface area (Å²) in [5, 5.41) is 4.54. The van der Waals surface area contributed by atoms with Crippen LogP contribution in [0.4, 0.5) is 0 Å². The van der Waals surface area contributed by atoms with Crippen molar-refractivity contribution in [1.82, 2.24) is 14.9 Å². The number of benzene rings is 2. The van der Waals surface area contributed by atoms with Gasteiger partial charge in [-0.1, -0.05) is 53.7 Å². The maximum Gasteiger partial charge on any atom is 0.262 e. The predicted octanol–water partition coefficient (Wildman–Crippen LogP) is 4.11. The number of rotatable bonds is 5. The Labute approximate surface area is 173 Å². The van der Waals surface area contributed by atoms with Crippen LogP contribution in [0.3, 0.4) is 0 Å². The summed E-state index contributed by atoms with van der Waals surface area (Å²) in [6.45, 7) is 6.07. The fourth-order valence-corrected chi connectivity index (χ4v) is 3.77. The van der Waals surface area contributed by atoms with E-state index < -0.39 is 0 Å². The zero-order valence-electron chi connectivity index (χ0n) is 16.0. The second-order valence-corrected chi connectivity index (χ2v) is 8.83. The van der Waals surface area contributed by atoms with Crippen LogP contribution in [0, 0.1) is 0 Å². The van der Waals surface area contributed by atoms with Crippen molar-refractivity contribution < 1.29 is 4.79 Å². The van der Waals surface area contributed by atoms with Crippen molar-refractivity contribution in [3.05, 3.63) is 69.5 Å². The average Bonchev–Trinajstić information content (AvgIpc) is 2.63. The van der Waals surface area contributed by atoms with E-state index in [1.165, 1.54) is 11.8 Å². The van der Waals surface area contributed by atoms with Crippen molar-refractivity contribution >= 4 is 40.2 Å². The number of carbonyl (C=O) groups is 1. The van der Waals surface area contributed by atoms with E-state index in [0.717, 1.165) is 5.56 Å². The molecule has 0 aliphatic heterocycles. The van der Waals surface area contributed by atoms with Crippen LogP contribution in [0.2, 0.25) is 5.02 Å². The molecule has 5 nitrogen and oxygen atoms in total. The SMILES string of the molecule is CC(C)(C)NC(=O)CSc1nc2ccccc2c(=O)n1Cc1ccccc1Cl. The van der Waals surface area contributed by atoms with Gasteiger partial charge in [-0.3, -0.25) is 14.2 Å². The highest BCUT2D eigenvalue weighted by Gasteiger charge is 2.17. The molecule has 2 aromatic carbocycles. The quantitative estimate of drug-likeness (QED) is 0.503. The Bertz CT molecular complexity index is 1070. The van der Waals surface area contributed by atoms with Gasteiger partial charge in [-0.15, -0.1) is 0 Å². The van der Waals surface area contributed by atoms with E-state index in [0.29, 0.717) is 27.6 Å². The molecule has 0 saturated heterocycles. The molecule has 0 spiro atoms. The Morgan fingerprint density at radius 2 is 1.82 bits per heavy atom. The number of nitrogens with one attached hydrogen (secondary N) is 1. The highest BCUT2D eigenvalue weighted by molar-refractivity contribution is 7.99. The van der Waals surface area contributed by atoms with Crippen molar-refractivity contribution in [3.8, 4) is 0 Å². The van der Waals surface area contributed by atoms with Crippen LogP contribution in [0.1, 0.15) is 26.3 Å². The first-order valence-corrected chi connectivity index (χ1v) is 10.3. The van der Waals surface area contributed by atoms with Crippen molar-refractivity contribution in [3.63, 3.8) is 0 Å². The lowest BCUT2D eigenvalue weighted by molar-refractivity contribution is -0.119. The molecule has 0 atom stereocenters. The number of carbonyl (C=O) groups excluding carboxylic acids is 1. The van der Waals surface area contributed by atoms with Crippen LogP contribution in [0.25, 0.3) is 10.9 Å². The summed E-state index contributed by atoms with van der Waals surface area (Å²) in [6.07, 6.45) is 0. The van der Waals surface area contributed by atoms with Gasteiger partial charge in [0.1, 0.15) is 0 Å². The minimum Gasteiger partial charge on any atom is -0.351 e. The fourth-order valence-electron chi connectivity index (χ4n) is 2.78. The van der Waals surface area contributed by atoms with Crippen LogP contribution >= 0.6 is 23.4 Å². The largest absolute Gasteiger partial charge is 0.351 e. The molecule has 7 heteroatoms. The van der Waals surface area contributed by atoms with Crippen molar-refractivity contribution in [2.45, 2.75) is 38.0 Å². The normalized spacial score (nSPS) is 11.6. The number of aromatic nitrogens is 2. The average molecular weight is 416 g/mol. The van der Waals surface area contributed by atoms with Gasteiger partial charge in [-0.05, 0) is 44.5 Å². The van der Waals surface area contributed by atoms with Crippen LogP contribution in [0.15, 0.2) is 58.5 Å². The predicted molar refractivity (Wildman–Crippen MR) is 115 cm³/mol. The Morgan fingerprint density at radius 3 is 2.54 bits per heavy atom. The maximum atomic E-state index is 13.1. The zero-order chi connectivity index (χ0) is 20.3. The molecule has 0 bridgehead atoms. The van der Waals surface area contributed by atoms with E-state index in [-0.39, 0.29) is 22.8 Å². The first-order chi connectivity index (χ1) is 13.2. The molecular formula is C21H22ClN3O2S. The van der Waals surface area contributed by atoms with Crippen molar-refractivity contribution in [2.24, 2.45) is 0 Å². The van der Waals surface area contributed by atoms with E-state index in [4.69, 9.17) is 11.6 Å². The summed E-state index contributed by atoms with van der Waals surface area (Å²) in [7, 11) is 0. The summed E-state index contributed by atoms with van der Waals surface area (Å²) in [4.78, 5) is 30.0. The summed E-state index contributed by atoms with van der Waals surface area (Å²) >= 11 is 7.54. The Kier molecular flexibility index (Phi) is 6.10. The summed E-state index contributed by atoms with van der Waals surface area (Å²) in [5.74, 6) is 0.0640. The third-order valence-electron chi connectivity index (χ3n) is 3.96. The van der Waals surface area contributed by atoms with Gasteiger partial charge >= 0.3 is 0 Å². The third kappa shape index (κ3) is 4.94. The van der Waals surface area contributed by atoms with E-state index >= 15 is 0 Å². The van der Waals surface area contributed by atoms with Gasteiger partial charge in [-0.25, -0.2) is 4.98 Å². The van der Waals surface area contributed by atoms with Gasteiger partial charge in [-0.2, -0.15) is 0 Å². The molecule has 1 heterocycles. The fraction of sp³-hybridized carbons (Fsp3) is 0.286. The summed E-state index contributed by atoms with van der Waals surface area (Å²) in [6, 6.07) is 14.6. The lowest BCUT2D eigenvalue weighted by Crippen LogP contribution is -2.41. The first-order valence-electron chi connectivity index (χ1n) is 8.91. The third-order valence-corrected chi connectivity index (χ3v) is 5.30. The first kappa shape index (κ1) is 20.4. The topological polar surface area (TPSA) is 64.0 Å². The molecule has 28 heavy (non-hydrogen) atoms. The van der Waals surface area contributed by atoms with Crippen LogP contribution < -0.4 is 10.9 Å². The van der Waals surface area contributed by atoms with E-state index in [1.54, 1.807) is 22.8 Å². The highest BCUT2D eigenvalue weighted by Crippen LogP contribution is 2.21. The molecule has 3 aromatic rings. The maximum absolute atomic E-state index is 13.1. The molecule has 146 valence electrons. The lowest BCUT2D eigenvalue weighted by atomic mass is 10.1. The summed E-state index contributed by atoms with van der Waals surface area (Å²) < 4.78 is 1.58. The standard InChI is InChI=1S/C21H22ClN3O2S/c1-21(2,3)24-18(26)13-28-20-23-17-11-7-5-9-15(17)19(27)25(20)12-14-8-4-6-10-16(14)22/h4-11H,12-13H2,1-3H3,(H,24,26). The smallest absolute Gasteiger partial charge is 0.262 e. The number of thioether (sulfide) groups is 1. The number of para-hydroxylation sites is 1. The Balaban J connectivity index is 1.98. The minimum atomic E-state index is -0.314. The number of hydrogen-bond acceptors (Lipinski definition) is 4. The van der Waals surface area contributed by atoms with Crippen LogP contribution in [-0.2, 0) is 11.3 Å². The van der Waals surface area contributed by atoms with Crippen LogP contribution in [0.5, 0.6) is 0 Å². The molecular weight excluding hydrogens is 394 g/mol. The van der Waals surface area contributed by atoms with Gasteiger partial charge in [0, 0.05) is 10.6 Å². The number of fused-ring (bicyclic) bond motifs is 1. The molecule has 3 rings (SSSR count). The molecule has 1 amide bonds. The molecule has 1 aromatic heterocycles. The lowest BCUT2D eigenvalue weighted by Gasteiger charge is -2.20. The van der Waals surface area contributed by atoms with Gasteiger partial charge in [0.2, 0.25) is 5.91 Å². The van der Waals surface area contributed by atoms with Crippen LogP contribution in [-0.4, -0.2) is 26.8 Å². The Morgan fingerprint density at radius 1 is 1.14 bits per heavy atom. The van der Waals surface area contributed by atoms with Gasteiger partial charge < -0.3 is 5.32 Å². The highest BCUT2D eigenvalue weighted by atomic mass is 35.5. The zero-order valence-corrected chi connectivity index (χ0v) is 17.6. The minimum absolute atomic E-state index is 0.107. The van der Waals surface area contributed by atoms with Crippen molar-refractivity contribution in [1.29, 1.82) is 0 Å². The monoisotopic (exact) mass is 415 g/mol. The number of hydrogen-bond donors (Lipinski definition) is 1. The van der Waals surface area contributed by atoms with Gasteiger partial charge in [0.05, 0.1) is 23.2 Å². The molecule has 0 aliphatic carbocycles. The molecule has 0 fully saturated rings. The molecule has 1 N–H and O–H groups in total. The van der Waals surface area contributed by atoms with Crippen molar-refractivity contribution in [2.75, 3.05) is 5.75 Å². The number of halogens is 1. The second-order valence-electron chi connectivity index (χ2n) is 7.48. The van der Waals surface area contributed by atoms with E-state index in [9.17, 15) is 9.59 Å². The second kappa shape index (κ2) is 8.37. The van der Waals surface area contributed by atoms with Gasteiger partial charge in [0.25, 0.3) is 5.56 Å². The van der Waals surface area contributed by atoms with E-state index in [1.807, 2.05) is 51.1 Å². The van der Waals surface area contributed by atoms with E-state index in [2.05, 4.69) is 10.3 Å². The number of amides is 1. The molecule has 0 radical (unpaired) electrons. The summed E-state index contributed by atoms with van der Waals surface area (Å²) in [5.41, 5.74) is 0.973. The number of nitrogens with zero attached hydrogens (tertiary/aromatic N) is 2. The molecule has 0 aliphatic rings. The Hall–Kier alpha value is -2.31.